The van der Waals surface area contributed by atoms with Crippen molar-refractivity contribution in [2.75, 3.05) is 20.3 Å². The van der Waals surface area contributed by atoms with Crippen LogP contribution in [0.5, 0.6) is 11.5 Å². The number of Topliss-reactive ketones (excluding diaryl/α,β-unsaturated/α-hetero) is 1. The molecule has 0 bridgehead atoms. The van der Waals surface area contributed by atoms with E-state index in [1.807, 2.05) is 13.8 Å². The van der Waals surface area contributed by atoms with E-state index in [1.54, 1.807) is 12.1 Å². The van der Waals surface area contributed by atoms with Crippen molar-refractivity contribution < 1.29 is 23.8 Å². The van der Waals surface area contributed by atoms with Gasteiger partial charge in [-0.25, -0.2) is 0 Å². The van der Waals surface area contributed by atoms with Crippen LogP contribution in [-0.4, -0.2) is 32.1 Å². The number of carbonyl (C=O) groups excluding carboxylic acids is 2. The molecule has 0 saturated carbocycles. The quantitative estimate of drug-likeness (QED) is 0.544. The summed E-state index contributed by atoms with van der Waals surface area (Å²) in [4.78, 5) is 23.2. The zero-order valence-corrected chi connectivity index (χ0v) is 13.2. The molecule has 0 radical (unpaired) electrons. The molecule has 0 amide bonds. The van der Waals surface area contributed by atoms with Gasteiger partial charge in [-0.2, -0.15) is 0 Å². The molecule has 0 aliphatic carbocycles. The lowest BCUT2D eigenvalue weighted by molar-refractivity contribution is -0.140. The minimum atomic E-state index is -0.435. The van der Waals surface area contributed by atoms with E-state index in [9.17, 15) is 9.59 Å². The van der Waals surface area contributed by atoms with Crippen molar-refractivity contribution >= 4 is 23.4 Å². The number of ether oxygens (including phenoxy) is 3. The number of hydrogen-bond acceptors (Lipinski definition) is 5. The van der Waals surface area contributed by atoms with E-state index in [4.69, 9.17) is 21.1 Å². The molecule has 5 nitrogen and oxygen atoms in total. The summed E-state index contributed by atoms with van der Waals surface area (Å²) in [6.45, 7) is 4.59. The molecule has 0 aliphatic heterocycles. The smallest absolute Gasteiger partial charge is 0.305 e. The minimum Gasteiger partial charge on any atom is -0.490 e. The summed E-state index contributed by atoms with van der Waals surface area (Å²) in [5.74, 6) is 0.281. The average molecular weight is 315 g/mol. The summed E-state index contributed by atoms with van der Waals surface area (Å²) in [5, 5.41) is 0.275. The largest absolute Gasteiger partial charge is 0.490 e. The van der Waals surface area contributed by atoms with Gasteiger partial charge in [-0.15, -0.1) is 0 Å². The number of rotatable bonds is 8. The molecule has 1 rings (SSSR count). The standard InChI is InChI=1S/C15H19ClO5/c1-4-20-13-8-10(11(16)9-14(13)21-5-2)12(17)6-7-15(18)19-3/h8-9H,4-7H2,1-3H3. The van der Waals surface area contributed by atoms with Crippen LogP contribution >= 0.6 is 11.6 Å². The predicted molar refractivity (Wildman–Crippen MR) is 79.4 cm³/mol. The first-order valence-corrected chi connectivity index (χ1v) is 7.10. The van der Waals surface area contributed by atoms with Gasteiger partial charge in [0.15, 0.2) is 17.3 Å². The Morgan fingerprint density at radius 2 is 1.62 bits per heavy atom. The highest BCUT2D eigenvalue weighted by atomic mass is 35.5. The molecule has 6 heteroatoms. The molecule has 0 N–H and O–H groups in total. The summed E-state index contributed by atoms with van der Waals surface area (Å²) in [7, 11) is 1.28. The maximum absolute atomic E-state index is 12.1. The van der Waals surface area contributed by atoms with Crippen molar-refractivity contribution in [2.24, 2.45) is 0 Å². The van der Waals surface area contributed by atoms with E-state index in [0.29, 0.717) is 30.3 Å². The first-order chi connectivity index (χ1) is 10.0. The third-order valence-electron chi connectivity index (χ3n) is 2.72. The number of halogens is 1. The third-order valence-corrected chi connectivity index (χ3v) is 3.03. The van der Waals surface area contributed by atoms with Crippen LogP contribution in [-0.2, 0) is 9.53 Å². The molecule has 0 heterocycles. The van der Waals surface area contributed by atoms with E-state index in [2.05, 4.69) is 4.74 Å². The van der Waals surface area contributed by atoms with Crippen molar-refractivity contribution in [3.8, 4) is 11.5 Å². The summed E-state index contributed by atoms with van der Waals surface area (Å²) in [6.07, 6.45) is 0.0504. The third kappa shape index (κ3) is 4.93. The Morgan fingerprint density at radius 1 is 1.05 bits per heavy atom. The zero-order valence-electron chi connectivity index (χ0n) is 12.4. The van der Waals surface area contributed by atoms with Gasteiger partial charge in [-0.3, -0.25) is 9.59 Å². The Balaban J connectivity index is 2.98. The SMILES string of the molecule is CCOc1cc(Cl)c(C(=O)CCC(=O)OC)cc1OCC. The van der Waals surface area contributed by atoms with Crippen molar-refractivity contribution in [1.29, 1.82) is 0 Å². The minimum absolute atomic E-state index is 0.0167. The second-order valence-electron chi connectivity index (χ2n) is 4.14. The lowest BCUT2D eigenvalue weighted by Crippen LogP contribution is -2.07. The van der Waals surface area contributed by atoms with Crippen LogP contribution < -0.4 is 9.47 Å². The molecule has 1 aromatic carbocycles. The van der Waals surface area contributed by atoms with Crippen molar-refractivity contribution in [3.05, 3.63) is 22.7 Å². The Morgan fingerprint density at radius 3 is 2.14 bits per heavy atom. The molecule has 0 aliphatic rings. The molecule has 0 atom stereocenters. The second-order valence-corrected chi connectivity index (χ2v) is 4.55. The molecular weight excluding hydrogens is 296 g/mol. The Kier molecular flexibility index (Phi) is 7.02. The van der Waals surface area contributed by atoms with Gasteiger partial charge in [-0.05, 0) is 19.9 Å². The lowest BCUT2D eigenvalue weighted by Gasteiger charge is -2.13. The zero-order chi connectivity index (χ0) is 15.8. The molecular formula is C15H19ClO5. The molecule has 0 aromatic heterocycles. The van der Waals surface area contributed by atoms with E-state index in [1.165, 1.54) is 7.11 Å². The van der Waals surface area contributed by atoms with Crippen LogP contribution in [0.25, 0.3) is 0 Å². The normalized spacial score (nSPS) is 10.1. The number of carbonyl (C=O) groups is 2. The van der Waals surface area contributed by atoms with Crippen LogP contribution in [0, 0.1) is 0 Å². The fourth-order valence-electron chi connectivity index (χ4n) is 1.74. The molecule has 0 saturated heterocycles. The predicted octanol–water partition coefficient (Wildman–Crippen LogP) is 3.27. The van der Waals surface area contributed by atoms with E-state index < -0.39 is 5.97 Å². The topological polar surface area (TPSA) is 61.8 Å². The Hall–Kier alpha value is -1.75. The van der Waals surface area contributed by atoms with Crippen LogP contribution in [0.2, 0.25) is 5.02 Å². The van der Waals surface area contributed by atoms with Crippen LogP contribution in [0.3, 0.4) is 0 Å². The number of benzene rings is 1. The van der Waals surface area contributed by atoms with Gasteiger partial charge in [0.2, 0.25) is 0 Å². The van der Waals surface area contributed by atoms with E-state index in [0.717, 1.165) is 0 Å². The molecule has 21 heavy (non-hydrogen) atoms. The van der Waals surface area contributed by atoms with Gasteiger partial charge in [0.1, 0.15) is 0 Å². The molecule has 0 fully saturated rings. The van der Waals surface area contributed by atoms with E-state index >= 15 is 0 Å². The number of hydrogen-bond donors (Lipinski definition) is 0. The number of esters is 1. The summed E-state index contributed by atoms with van der Waals surface area (Å²) in [5.41, 5.74) is 0.312. The van der Waals surface area contributed by atoms with E-state index in [-0.39, 0.29) is 23.6 Å². The van der Waals surface area contributed by atoms with Gasteiger partial charge in [0.05, 0.1) is 31.8 Å². The maximum atomic E-state index is 12.1. The summed E-state index contributed by atoms with van der Waals surface area (Å²) in [6, 6.07) is 3.11. The summed E-state index contributed by atoms with van der Waals surface area (Å²) < 4.78 is 15.4. The first-order valence-electron chi connectivity index (χ1n) is 6.72. The highest BCUT2D eigenvalue weighted by molar-refractivity contribution is 6.34. The Labute approximate surface area is 129 Å². The van der Waals surface area contributed by atoms with Gasteiger partial charge in [0.25, 0.3) is 0 Å². The lowest BCUT2D eigenvalue weighted by atomic mass is 10.1. The molecule has 0 unspecified atom stereocenters. The fraction of sp³-hybridized carbons (Fsp3) is 0.467. The molecule has 116 valence electrons. The molecule has 0 spiro atoms. The van der Waals surface area contributed by atoms with Crippen LogP contribution in [0.4, 0.5) is 0 Å². The maximum Gasteiger partial charge on any atom is 0.305 e. The number of methoxy groups -OCH3 is 1. The highest BCUT2D eigenvalue weighted by Gasteiger charge is 2.17. The van der Waals surface area contributed by atoms with Crippen molar-refractivity contribution in [3.63, 3.8) is 0 Å². The van der Waals surface area contributed by atoms with Crippen molar-refractivity contribution in [2.45, 2.75) is 26.7 Å². The summed E-state index contributed by atoms with van der Waals surface area (Å²) >= 11 is 6.11. The van der Waals surface area contributed by atoms with Gasteiger partial charge < -0.3 is 14.2 Å². The molecule has 1 aromatic rings. The Bertz CT molecular complexity index is 513. The van der Waals surface area contributed by atoms with Gasteiger partial charge >= 0.3 is 5.97 Å². The monoisotopic (exact) mass is 314 g/mol. The second kappa shape index (κ2) is 8.52. The fourth-order valence-corrected chi connectivity index (χ4v) is 2.00. The first kappa shape index (κ1) is 17.3. The average Bonchev–Trinajstić information content (AvgIpc) is 2.47. The van der Waals surface area contributed by atoms with Gasteiger partial charge in [0, 0.05) is 18.1 Å². The van der Waals surface area contributed by atoms with Crippen LogP contribution in [0.15, 0.2) is 12.1 Å². The van der Waals surface area contributed by atoms with Crippen LogP contribution in [0.1, 0.15) is 37.0 Å². The van der Waals surface area contributed by atoms with Crippen molar-refractivity contribution in [1.82, 2.24) is 0 Å². The number of ketones is 1. The highest BCUT2D eigenvalue weighted by Crippen LogP contribution is 2.34. The van der Waals surface area contributed by atoms with Gasteiger partial charge in [-0.1, -0.05) is 11.6 Å².